The molecule has 120 valence electrons. The van der Waals surface area contributed by atoms with Crippen LogP contribution in [0.1, 0.15) is 24.0 Å². The van der Waals surface area contributed by atoms with Crippen LogP contribution < -0.4 is 0 Å². The van der Waals surface area contributed by atoms with Gasteiger partial charge < -0.3 is 5.11 Å². The number of hydrogen-bond donors (Lipinski definition) is 1. The monoisotopic (exact) mass is 328 g/mol. The number of rotatable bonds is 4. The van der Waals surface area contributed by atoms with Crippen molar-refractivity contribution in [3.05, 3.63) is 33.4 Å². The molecule has 0 aliphatic carbocycles. The molecule has 1 saturated heterocycles. The van der Waals surface area contributed by atoms with Crippen LogP contribution in [-0.2, 0) is 14.8 Å². The van der Waals surface area contributed by atoms with Gasteiger partial charge in [-0.15, -0.1) is 0 Å². The van der Waals surface area contributed by atoms with E-state index in [1.165, 1.54) is 6.07 Å². The molecule has 2 rings (SSSR count). The lowest BCUT2D eigenvalue weighted by Crippen LogP contribution is -2.40. The van der Waals surface area contributed by atoms with Crippen molar-refractivity contribution in [2.45, 2.75) is 37.6 Å². The maximum Gasteiger partial charge on any atom is 0.322 e. The first-order valence-corrected chi connectivity index (χ1v) is 8.10. The summed E-state index contributed by atoms with van der Waals surface area (Å²) in [5.41, 5.74) is 0.535. The summed E-state index contributed by atoms with van der Waals surface area (Å²) < 4.78 is 26.4. The zero-order valence-corrected chi connectivity index (χ0v) is 13.0. The Balaban J connectivity index is 2.59. The molecular formula is C13H16N2O6S. The van der Waals surface area contributed by atoms with E-state index in [9.17, 15) is 23.3 Å². The van der Waals surface area contributed by atoms with Gasteiger partial charge in [0.15, 0.2) is 0 Å². The van der Waals surface area contributed by atoms with E-state index in [1.807, 2.05) is 0 Å². The third-order valence-electron chi connectivity index (χ3n) is 3.89. The average molecular weight is 328 g/mol. The number of carboxylic acids is 1. The van der Waals surface area contributed by atoms with Crippen LogP contribution in [0.5, 0.6) is 0 Å². The van der Waals surface area contributed by atoms with Gasteiger partial charge in [-0.3, -0.25) is 14.9 Å². The second-order valence-electron chi connectivity index (χ2n) is 5.25. The third-order valence-corrected chi connectivity index (χ3v) is 5.93. The van der Waals surface area contributed by atoms with Crippen molar-refractivity contribution < 1.29 is 23.2 Å². The lowest BCUT2D eigenvalue weighted by atomic mass is 10.1. The number of nitro groups is 1. The van der Waals surface area contributed by atoms with Gasteiger partial charge in [0.25, 0.3) is 5.69 Å². The summed E-state index contributed by atoms with van der Waals surface area (Å²) in [6.45, 7) is 3.23. The molecule has 0 saturated carbocycles. The van der Waals surface area contributed by atoms with Gasteiger partial charge >= 0.3 is 5.97 Å². The molecule has 1 N–H and O–H groups in total. The number of carbonyl (C=O) groups is 1. The van der Waals surface area contributed by atoms with Crippen molar-refractivity contribution in [3.8, 4) is 0 Å². The molecule has 0 bridgehead atoms. The molecule has 1 unspecified atom stereocenters. The van der Waals surface area contributed by atoms with Crippen LogP contribution in [0.15, 0.2) is 17.0 Å². The summed E-state index contributed by atoms with van der Waals surface area (Å²) >= 11 is 0. The summed E-state index contributed by atoms with van der Waals surface area (Å²) in [4.78, 5) is 21.3. The standard InChI is InChI=1S/C13H16N2O6S/c1-8-6-10(15(18)19)7-12(9(8)2)22(20,21)14-5-3-4-11(14)13(16)17/h6-7,11H,3-5H2,1-2H3,(H,16,17). The molecule has 8 nitrogen and oxygen atoms in total. The number of benzene rings is 1. The molecule has 1 atom stereocenters. The highest BCUT2D eigenvalue weighted by Crippen LogP contribution is 2.31. The Labute approximate surface area is 127 Å². The predicted octanol–water partition coefficient (Wildman–Crippen LogP) is 1.45. The fourth-order valence-corrected chi connectivity index (χ4v) is 4.55. The Bertz CT molecular complexity index is 743. The second kappa shape index (κ2) is 5.65. The molecule has 0 radical (unpaired) electrons. The minimum absolute atomic E-state index is 0.0977. The molecule has 0 aromatic heterocycles. The summed E-state index contributed by atoms with van der Waals surface area (Å²) in [7, 11) is -4.09. The van der Waals surface area contributed by atoms with Crippen LogP contribution in [0.2, 0.25) is 0 Å². The number of nitrogens with zero attached hydrogens (tertiary/aromatic N) is 2. The summed E-state index contributed by atoms with van der Waals surface area (Å²) in [5, 5.41) is 20.1. The van der Waals surface area contributed by atoms with Gasteiger partial charge in [0.2, 0.25) is 10.0 Å². The quantitative estimate of drug-likeness (QED) is 0.660. The van der Waals surface area contributed by atoms with E-state index in [4.69, 9.17) is 5.11 Å². The van der Waals surface area contributed by atoms with Crippen LogP contribution in [0.4, 0.5) is 5.69 Å². The van der Waals surface area contributed by atoms with E-state index in [2.05, 4.69) is 0 Å². The Morgan fingerprint density at radius 3 is 2.59 bits per heavy atom. The summed E-state index contributed by atoms with van der Waals surface area (Å²) in [6, 6.07) is 1.17. The number of sulfonamides is 1. The van der Waals surface area contributed by atoms with E-state index >= 15 is 0 Å². The topological polar surface area (TPSA) is 118 Å². The summed E-state index contributed by atoms with van der Waals surface area (Å²) in [5.74, 6) is -1.21. The lowest BCUT2D eigenvalue weighted by molar-refractivity contribution is -0.385. The molecule has 0 spiro atoms. The van der Waals surface area contributed by atoms with Gasteiger partial charge in [0.05, 0.1) is 9.82 Å². The molecule has 1 aliphatic rings. The Hall–Kier alpha value is -2.00. The molecule has 1 aromatic carbocycles. The fourth-order valence-electron chi connectivity index (χ4n) is 2.58. The normalized spacial score (nSPS) is 19.3. The highest BCUT2D eigenvalue weighted by Gasteiger charge is 2.40. The van der Waals surface area contributed by atoms with Gasteiger partial charge in [-0.05, 0) is 37.8 Å². The van der Waals surface area contributed by atoms with Crippen molar-refractivity contribution in [1.29, 1.82) is 0 Å². The number of nitro benzene ring substituents is 1. The number of aliphatic carboxylic acids is 1. The zero-order valence-electron chi connectivity index (χ0n) is 12.1. The van der Waals surface area contributed by atoms with Crippen molar-refractivity contribution in [3.63, 3.8) is 0 Å². The van der Waals surface area contributed by atoms with Crippen molar-refractivity contribution >= 4 is 21.7 Å². The van der Waals surface area contributed by atoms with Gasteiger partial charge in [-0.1, -0.05) is 0 Å². The zero-order chi connectivity index (χ0) is 16.7. The Morgan fingerprint density at radius 2 is 2.05 bits per heavy atom. The number of aryl methyl sites for hydroxylation is 1. The second-order valence-corrected chi connectivity index (χ2v) is 7.11. The minimum atomic E-state index is -4.09. The molecule has 9 heteroatoms. The number of non-ortho nitro benzene ring substituents is 1. The first kappa shape index (κ1) is 16.4. The third kappa shape index (κ3) is 2.69. The predicted molar refractivity (Wildman–Crippen MR) is 77.1 cm³/mol. The van der Waals surface area contributed by atoms with Crippen LogP contribution >= 0.6 is 0 Å². The van der Waals surface area contributed by atoms with E-state index < -0.39 is 27.0 Å². The molecular weight excluding hydrogens is 312 g/mol. The van der Waals surface area contributed by atoms with Crippen LogP contribution in [-0.4, -0.2) is 41.3 Å². The smallest absolute Gasteiger partial charge is 0.322 e. The molecule has 22 heavy (non-hydrogen) atoms. The molecule has 1 aliphatic heterocycles. The summed E-state index contributed by atoms with van der Waals surface area (Å²) in [6.07, 6.45) is 0.685. The SMILES string of the molecule is Cc1cc([N+](=O)[O-])cc(S(=O)(=O)N2CCCC2C(=O)O)c1C. The van der Waals surface area contributed by atoms with Crippen molar-refractivity contribution in [2.24, 2.45) is 0 Å². The van der Waals surface area contributed by atoms with Crippen LogP contribution in [0.3, 0.4) is 0 Å². The van der Waals surface area contributed by atoms with Crippen LogP contribution in [0, 0.1) is 24.0 Å². The fraction of sp³-hybridized carbons (Fsp3) is 0.462. The molecule has 1 aromatic rings. The highest BCUT2D eigenvalue weighted by molar-refractivity contribution is 7.89. The van der Waals surface area contributed by atoms with Crippen LogP contribution in [0.25, 0.3) is 0 Å². The van der Waals surface area contributed by atoms with E-state index in [-0.39, 0.29) is 23.5 Å². The maximum atomic E-state index is 12.7. The Morgan fingerprint density at radius 1 is 1.41 bits per heavy atom. The first-order chi connectivity index (χ1) is 10.2. The number of hydrogen-bond acceptors (Lipinski definition) is 5. The highest BCUT2D eigenvalue weighted by atomic mass is 32.2. The maximum absolute atomic E-state index is 12.7. The van der Waals surface area contributed by atoms with E-state index in [1.54, 1.807) is 13.8 Å². The minimum Gasteiger partial charge on any atom is -0.480 e. The van der Waals surface area contributed by atoms with E-state index in [0.29, 0.717) is 17.5 Å². The van der Waals surface area contributed by atoms with Gasteiger partial charge in [-0.2, -0.15) is 4.31 Å². The number of carboxylic acid groups (broad SMARTS) is 1. The molecule has 0 amide bonds. The van der Waals surface area contributed by atoms with Gasteiger partial charge in [0, 0.05) is 18.7 Å². The largest absolute Gasteiger partial charge is 0.480 e. The van der Waals surface area contributed by atoms with Gasteiger partial charge in [0.1, 0.15) is 6.04 Å². The molecule has 1 fully saturated rings. The first-order valence-electron chi connectivity index (χ1n) is 6.66. The van der Waals surface area contributed by atoms with Crippen molar-refractivity contribution in [1.82, 2.24) is 4.31 Å². The van der Waals surface area contributed by atoms with E-state index in [0.717, 1.165) is 10.4 Å². The molecule has 1 heterocycles. The lowest BCUT2D eigenvalue weighted by Gasteiger charge is -2.22. The van der Waals surface area contributed by atoms with Crippen molar-refractivity contribution in [2.75, 3.05) is 6.54 Å². The Kier molecular flexibility index (Phi) is 4.21. The van der Waals surface area contributed by atoms with Gasteiger partial charge in [-0.25, -0.2) is 8.42 Å². The average Bonchev–Trinajstić information content (AvgIpc) is 2.91.